The molecule has 1 heterocycles. The quantitative estimate of drug-likeness (QED) is 0.865. The first-order valence-corrected chi connectivity index (χ1v) is 6.93. The second-order valence-corrected chi connectivity index (χ2v) is 5.23. The highest BCUT2D eigenvalue weighted by molar-refractivity contribution is 9.10. The van der Waals surface area contributed by atoms with Gasteiger partial charge in [0.25, 0.3) is 0 Å². The average Bonchev–Trinajstić information content (AvgIpc) is 2.40. The van der Waals surface area contributed by atoms with Crippen LogP contribution in [-0.4, -0.2) is 39.5 Å². The van der Waals surface area contributed by atoms with Gasteiger partial charge in [0.2, 0.25) is 0 Å². The fourth-order valence-electron chi connectivity index (χ4n) is 2.02. The van der Waals surface area contributed by atoms with Gasteiger partial charge < -0.3 is 20.1 Å². The molecule has 1 fully saturated rings. The van der Waals surface area contributed by atoms with Crippen molar-refractivity contribution in [3.05, 3.63) is 28.2 Å². The zero-order valence-corrected chi connectivity index (χ0v) is 12.1. The number of rotatable bonds is 5. The summed E-state index contributed by atoms with van der Waals surface area (Å²) in [7, 11) is 1.70. The minimum atomic E-state index is 0.400. The average molecular weight is 315 g/mol. The number of ether oxygens (including phenoxy) is 2. The van der Waals surface area contributed by atoms with Crippen molar-refractivity contribution in [2.75, 3.05) is 33.4 Å². The maximum Gasteiger partial charge on any atom is 0.123 e. The third-order valence-corrected chi connectivity index (χ3v) is 3.44. The number of morpholine rings is 1. The molecule has 1 unspecified atom stereocenters. The van der Waals surface area contributed by atoms with E-state index in [9.17, 15) is 0 Å². The molecule has 0 aliphatic carbocycles. The van der Waals surface area contributed by atoms with E-state index >= 15 is 0 Å². The lowest BCUT2D eigenvalue weighted by atomic mass is 10.2. The molecule has 0 radical (unpaired) electrons. The number of nitrogens with one attached hydrogen (secondary N) is 2. The molecule has 5 heteroatoms. The Labute approximate surface area is 116 Å². The molecule has 0 bridgehead atoms. The van der Waals surface area contributed by atoms with Crippen LogP contribution in [0.2, 0.25) is 0 Å². The van der Waals surface area contributed by atoms with Crippen LogP contribution in [-0.2, 0) is 11.3 Å². The van der Waals surface area contributed by atoms with E-state index in [1.807, 2.05) is 12.1 Å². The molecule has 18 heavy (non-hydrogen) atoms. The molecule has 0 spiro atoms. The van der Waals surface area contributed by atoms with Crippen LogP contribution in [0.1, 0.15) is 5.56 Å². The van der Waals surface area contributed by atoms with Gasteiger partial charge in [0.05, 0.1) is 20.3 Å². The van der Waals surface area contributed by atoms with Gasteiger partial charge >= 0.3 is 0 Å². The number of hydrogen-bond acceptors (Lipinski definition) is 4. The molecule has 100 valence electrons. The topological polar surface area (TPSA) is 42.5 Å². The van der Waals surface area contributed by atoms with Crippen molar-refractivity contribution >= 4 is 15.9 Å². The Morgan fingerprint density at radius 1 is 1.56 bits per heavy atom. The minimum Gasteiger partial charge on any atom is -0.496 e. The van der Waals surface area contributed by atoms with Crippen molar-refractivity contribution in [1.29, 1.82) is 0 Å². The van der Waals surface area contributed by atoms with Gasteiger partial charge in [0.1, 0.15) is 5.75 Å². The number of methoxy groups -OCH3 is 1. The molecule has 1 saturated heterocycles. The largest absolute Gasteiger partial charge is 0.496 e. The van der Waals surface area contributed by atoms with Crippen LogP contribution < -0.4 is 15.4 Å². The van der Waals surface area contributed by atoms with E-state index in [0.29, 0.717) is 6.04 Å². The highest BCUT2D eigenvalue weighted by Crippen LogP contribution is 2.22. The first-order valence-electron chi connectivity index (χ1n) is 6.14. The van der Waals surface area contributed by atoms with Crippen LogP contribution in [0.25, 0.3) is 0 Å². The first kappa shape index (κ1) is 13.8. The Morgan fingerprint density at radius 2 is 2.44 bits per heavy atom. The molecular weight excluding hydrogens is 296 g/mol. The van der Waals surface area contributed by atoms with Gasteiger partial charge in [-0.15, -0.1) is 0 Å². The van der Waals surface area contributed by atoms with E-state index in [1.54, 1.807) is 7.11 Å². The molecule has 4 nitrogen and oxygen atoms in total. The molecule has 1 aliphatic heterocycles. The predicted molar refractivity (Wildman–Crippen MR) is 75.0 cm³/mol. The molecule has 1 aliphatic rings. The van der Waals surface area contributed by atoms with Crippen molar-refractivity contribution in [3.8, 4) is 5.75 Å². The summed E-state index contributed by atoms with van der Waals surface area (Å²) in [6, 6.07) is 6.44. The van der Waals surface area contributed by atoms with Crippen LogP contribution in [0.5, 0.6) is 5.75 Å². The fourth-order valence-corrected chi connectivity index (χ4v) is 2.43. The summed E-state index contributed by atoms with van der Waals surface area (Å²) in [6.45, 7) is 4.22. The summed E-state index contributed by atoms with van der Waals surface area (Å²) in [4.78, 5) is 0. The highest BCUT2D eigenvalue weighted by atomic mass is 79.9. The van der Waals surface area contributed by atoms with Crippen LogP contribution in [0.15, 0.2) is 22.7 Å². The first-order chi connectivity index (χ1) is 8.79. The molecule has 1 aromatic rings. The van der Waals surface area contributed by atoms with Crippen LogP contribution >= 0.6 is 15.9 Å². The predicted octanol–water partition coefficient (Wildman–Crippen LogP) is 1.54. The Morgan fingerprint density at radius 3 is 3.17 bits per heavy atom. The van der Waals surface area contributed by atoms with Crippen molar-refractivity contribution in [2.24, 2.45) is 0 Å². The van der Waals surface area contributed by atoms with Gasteiger partial charge in [-0.3, -0.25) is 0 Å². The molecule has 0 amide bonds. The smallest absolute Gasteiger partial charge is 0.123 e. The van der Waals surface area contributed by atoms with Crippen LogP contribution in [0.4, 0.5) is 0 Å². The third kappa shape index (κ3) is 3.95. The summed E-state index contributed by atoms with van der Waals surface area (Å²) in [5.74, 6) is 0.915. The Bertz CT molecular complexity index is 381. The summed E-state index contributed by atoms with van der Waals surface area (Å²) in [5.41, 5.74) is 1.16. The van der Waals surface area contributed by atoms with E-state index in [4.69, 9.17) is 9.47 Å². The van der Waals surface area contributed by atoms with Gasteiger partial charge in [-0.2, -0.15) is 0 Å². The molecular formula is C13H19BrN2O2. The van der Waals surface area contributed by atoms with Crippen LogP contribution in [0.3, 0.4) is 0 Å². The Hall–Kier alpha value is -0.620. The van der Waals surface area contributed by atoms with Crippen molar-refractivity contribution in [1.82, 2.24) is 10.6 Å². The van der Waals surface area contributed by atoms with E-state index < -0.39 is 0 Å². The Balaban J connectivity index is 1.83. The minimum absolute atomic E-state index is 0.400. The third-order valence-electron chi connectivity index (χ3n) is 2.95. The number of hydrogen-bond donors (Lipinski definition) is 2. The molecule has 0 aromatic heterocycles. The van der Waals surface area contributed by atoms with Crippen molar-refractivity contribution in [2.45, 2.75) is 12.6 Å². The van der Waals surface area contributed by atoms with Crippen molar-refractivity contribution < 1.29 is 9.47 Å². The lowest BCUT2D eigenvalue weighted by Crippen LogP contribution is -2.47. The summed E-state index contributed by atoms with van der Waals surface area (Å²) >= 11 is 3.48. The molecule has 1 aromatic carbocycles. The van der Waals surface area contributed by atoms with Gasteiger partial charge in [0.15, 0.2) is 0 Å². The fraction of sp³-hybridized carbons (Fsp3) is 0.538. The highest BCUT2D eigenvalue weighted by Gasteiger charge is 2.12. The van der Waals surface area contributed by atoms with Gasteiger partial charge in [0, 0.05) is 35.7 Å². The second kappa shape index (κ2) is 7.09. The SMILES string of the molecule is COc1ccc(Br)cc1CNCC1COCCN1. The zero-order chi connectivity index (χ0) is 12.8. The van der Waals surface area contributed by atoms with E-state index in [0.717, 1.165) is 48.6 Å². The zero-order valence-electron chi connectivity index (χ0n) is 10.5. The van der Waals surface area contributed by atoms with Gasteiger partial charge in [-0.05, 0) is 18.2 Å². The molecule has 2 N–H and O–H groups in total. The lowest BCUT2D eigenvalue weighted by molar-refractivity contribution is 0.0766. The standard InChI is InChI=1S/C13H19BrN2O2/c1-17-13-3-2-11(14)6-10(13)7-15-8-12-9-18-5-4-16-12/h2-3,6,12,15-16H,4-5,7-9H2,1H3. The molecule has 2 rings (SSSR count). The van der Waals surface area contributed by atoms with Crippen LogP contribution in [0, 0.1) is 0 Å². The maximum atomic E-state index is 5.41. The van der Waals surface area contributed by atoms with E-state index in [-0.39, 0.29) is 0 Å². The summed E-state index contributed by atoms with van der Waals surface area (Å²) in [5, 5.41) is 6.85. The summed E-state index contributed by atoms with van der Waals surface area (Å²) in [6.07, 6.45) is 0. The number of halogens is 1. The normalized spacial score (nSPS) is 19.8. The van der Waals surface area contributed by atoms with Gasteiger partial charge in [-0.1, -0.05) is 15.9 Å². The molecule has 1 atom stereocenters. The Kier molecular flexibility index (Phi) is 5.44. The van der Waals surface area contributed by atoms with E-state index in [1.165, 1.54) is 0 Å². The lowest BCUT2D eigenvalue weighted by Gasteiger charge is -2.24. The van der Waals surface area contributed by atoms with Crippen molar-refractivity contribution in [3.63, 3.8) is 0 Å². The number of benzene rings is 1. The molecule has 0 saturated carbocycles. The van der Waals surface area contributed by atoms with Gasteiger partial charge in [-0.25, -0.2) is 0 Å². The van der Waals surface area contributed by atoms with E-state index in [2.05, 4.69) is 32.6 Å². The second-order valence-electron chi connectivity index (χ2n) is 4.31. The summed E-state index contributed by atoms with van der Waals surface area (Å²) < 4.78 is 11.8. The maximum absolute atomic E-state index is 5.41. The monoisotopic (exact) mass is 314 g/mol.